The largest absolute Gasteiger partial charge is 0.345 e. The number of hydrogen-bond acceptors (Lipinski definition) is 5. The number of hydrogen-bond donors (Lipinski definition) is 2. The monoisotopic (exact) mass is 372 g/mol. The Bertz CT molecular complexity index is 876. The smallest absolute Gasteiger partial charge is 0.272 e. The Kier molecular flexibility index (Phi) is 5.51. The highest BCUT2D eigenvalue weighted by Crippen LogP contribution is 2.19. The summed E-state index contributed by atoms with van der Waals surface area (Å²) in [6.07, 6.45) is 3.73. The highest BCUT2D eigenvalue weighted by atomic mass is 32.1. The van der Waals surface area contributed by atoms with E-state index in [4.69, 9.17) is 0 Å². The molecule has 0 aliphatic carbocycles. The number of aromatic amines is 1. The van der Waals surface area contributed by atoms with Crippen LogP contribution >= 0.6 is 11.3 Å². The van der Waals surface area contributed by atoms with Gasteiger partial charge in [0, 0.05) is 29.6 Å². The minimum absolute atomic E-state index is 0.207. The van der Waals surface area contributed by atoms with E-state index in [0.717, 1.165) is 22.2 Å². The number of H-pyrrole nitrogens is 1. The number of aromatic nitrogens is 5. The van der Waals surface area contributed by atoms with Gasteiger partial charge in [0.05, 0.1) is 29.5 Å². The molecule has 0 aliphatic heterocycles. The van der Waals surface area contributed by atoms with Crippen molar-refractivity contribution in [3.8, 4) is 0 Å². The molecule has 3 rings (SSSR count). The van der Waals surface area contributed by atoms with Crippen molar-refractivity contribution >= 4 is 17.2 Å². The van der Waals surface area contributed by atoms with E-state index in [2.05, 4.69) is 57.7 Å². The molecular formula is C18H24N6OS. The standard InChI is InChI=1S/C18H24N6OS/c1-11(2)16-19-5-6-24(16)9-13-7-15(23-22-13)17(25)20-8-14-10-26-18(21-14)12(3)4/h5-7,10-12H,8-9H2,1-4H3,(H,20,25)(H,22,23). The lowest BCUT2D eigenvalue weighted by Gasteiger charge is -2.08. The molecule has 8 heteroatoms. The van der Waals surface area contributed by atoms with Gasteiger partial charge in [-0.25, -0.2) is 9.97 Å². The predicted molar refractivity (Wildman–Crippen MR) is 101 cm³/mol. The molecule has 0 fully saturated rings. The number of thiazole rings is 1. The summed E-state index contributed by atoms with van der Waals surface area (Å²) in [7, 11) is 0. The molecule has 138 valence electrons. The van der Waals surface area contributed by atoms with Crippen LogP contribution in [0.4, 0.5) is 0 Å². The van der Waals surface area contributed by atoms with Crippen molar-refractivity contribution in [3.05, 3.63) is 51.8 Å². The van der Waals surface area contributed by atoms with Gasteiger partial charge in [-0.1, -0.05) is 27.7 Å². The van der Waals surface area contributed by atoms with Gasteiger partial charge in [0.2, 0.25) is 0 Å². The fraction of sp³-hybridized carbons (Fsp3) is 0.444. The van der Waals surface area contributed by atoms with Crippen molar-refractivity contribution in [3.63, 3.8) is 0 Å². The van der Waals surface area contributed by atoms with Gasteiger partial charge < -0.3 is 9.88 Å². The molecule has 0 atom stereocenters. The van der Waals surface area contributed by atoms with Crippen molar-refractivity contribution in [2.75, 3.05) is 0 Å². The SMILES string of the molecule is CC(C)c1nc(CNC(=O)c2cc(Cn3ccnc3C(C)C)[nH]n2)cs1. The number of amides is 1. The molecule has 0 bridgehead atoms. The van der Waals surface area contributed by atoms with Gasteiger partial charge >= 0.3 is 0 Å². The number of carbonyl (C=O) groups excluding carboxylic acids is 1. The van der Waals surface area contributed by atoms with E-state index >= 15 is 0 Å². The van der Waals surface area contributed by atoms with E-state index in [1.165, 1.54) is 0 Å². The molecule has 1 amide bonds. The molecule has 0 radical (unpaired) electrons. The van der Waals surface area contributed by atoms with Gasteiger partial charge in [0.25, 0.3) is 5.91 Å². The second-order valence-corrected chi connectivity index (χ2v) is 7.75. The fourth-order valence-electron chi connectivity index (χ4n) is 2.63. The Labute approximate surface area is 156 Å². The van der Waals surface area contributed by atoms with Gasteiger partial charge in [-0.15, -0.1) is 11.3 Å². The molecule has 0 aliphatic rings. The molecule has 7 nitrogen and oxygen atoms in total. The van der Waals surface area contributed by atoms with Crippen LogP contribution in [-0.4, -0.2) is 30.6 Å². The second-order valence-electron chi connectivity index (χ2n) is 6.86. The Hall–Kier alpha value is -2.48. The first-order valence-electron chi connectivity index (χ1n) is 8.71. The number of rotatable bonds is 7. The number of imidazole rings is 1. The van der Waals surface area contributed by atoms with E-state index < -0.39 is 0 Å². The summed E-state index contributed by atoms with van der Waals surface area (Å²) in [5, 5.41) is 13.0. The molecule has 3 aromatic rings. The van der Waals surface area contributed by atoms with Crippen LogP contribution in [0.1, 0.15) is 72.2 Å². The maximum Gasteiger partial charge on any atom is 0.272 e. The van der Waals surface area contributed by atoms with Crippen LogP contribution < -0.4 is 5.32 Å². The Morgan fingerprint density at radius 1 is 1.31 bits per heavy atom. The molecule has 0 saturated carbocycles. The zero-order valence-electron chi connectivity index (χ0n) is 15.5. The summed E-state index contributed by atoms with van der Waals surface area (Å²) < 4.78 is 2.06. The van der Waals surface area contributed by atoms with E-state index in [9.17, 15) is 4.79 Å². The van der Waals surface area contributed by atoms with Crippen LogP contribution in [-0.2, 0) is 13.1 Å². The highest BCUT2D eigenvalue weighted by Gasteiger charge is 2.13. The summed E-state index contributed by atoms with van der Waals surface area (Å²) in [6.45, 7) is 9.44. The second kappa shape index (κ2) is 7.82. The average Bonchev–Trinajstić information content (AvgIpc) is 3.33. The summed E-state index contributed by atoms with van der Waals surface area (Å²) in [5.74, 6) is 1.54. The first-order valence-corrected chi connectivity index (χ1v) is 9.59. The minimum Gasteiger partial charge on any atom is -0.345 e. The molecule has 0 aromatic carbocycles. The zero-order chi connectivity index (χ0) is 18.7. The third-order valence-corrected chi connectivity index (χ3v) is 5.16. The molecule has 0 unspecified atom stereocenters. The van der Waals surface area contributed by atoms with Crippen molar-refractivity contribution in [1.82, 2.24) is 30.0 Å². The van der Waals surface area contributed by atoms with E-state index in [-0.39, 0.29) is 5.91 Å². The topological polar surface area (TPSA) is 88.5 Å². The zero-order valence-corrected chi connectivity index (χ0v) is 16.3. The lowest BCUT2D eigenvalue weighted by Crippen LogP contribution is -2.23. The maximum absolute atomic E-state index is 12.3. The van der Waals surface area contributed by atoms with Gasteiger partial charge in [0.15, 0.2) is 0 Å². The molecule has 3 aromatic heterocycles. The number of nitrogens with zero attached hydrogens (tertiary/aromatic N) is 4. The Balaban J connectivity index is 1.59. The highest BCUT2D eigenvalue weighted by molar-refractivity contribution is 7.09. The average molecular weight is 372 g/mol. The molecule has 3 heterocycles. The third-order valence-electron chi connectivity index (χ3n) is 3.96. The van der Waals surface area contributed by atoms with E-state index in [1.807, 2.05) is 11.6 Å². The first kappa shape index (κ1) is 18.3. The molecular weight excluding hydrogens is 348 g/mol. The molecule has 0 saturated heterocycles. The Morgan fingerprint density at radius 2 is 2.12 bits per heavy atom. The minimum atomic E-state index is -0.207. The molecule has 2 N–H and O–H groups in total. The van der Waals surface area contributed by atoms with Crippen LogP contribution in [0.2, 0.25) is 0 Å². The van der Waals surface area contributed by atoms with Crippen molar-refractivity contribution < 1.29 is 4.79 Å². The van der Waals surface area contributed by atoms with Gasteiger partial charge in [-0.3, -0.25) is 9.89 Å². The van der Waals surface area contributed by atoms with Crippen molar-refractivity contribution in [1.29, 1.82) is 0 Å². The van der Waals surface area contributed by atoms with Gasteiger partial charge in [0.1, 0.15) is 11.5 Å². The summed E-state index contributed by atoms with van der Waals surface area (Å²) in [6, 6.07) is 1.78. The quantitative estimate of drug-likeness (QED) is 0.666. The summed E-state index contributed by atoms with van der Waals surface area (Å²) >= 11 is 1.62. The van der Waals surface area contributed by atoms with Crippen LogP contribution in [0.15, 0.2) is 23.8 Å². The maximum atomic E-state index is 12.3. The Morgan fingerprint density at radius 3 is 2.81 bits per heavy atom. The van der Waals surface area contributed by atoms with Gasteiger partial charge in [-0.05, 0) is 6.07 Å². The fourth-order valence-corrected chi connectivity index (χ4v) is 3.46. The molecule has 0 spiro atoms. The summed E-state index contributed by atoms with van der Waals surface area (Å²) in [4.78, 5) is 21.2. The number of nitrogens with one attached hydrogen (secondary N) is 2. The lowest BCUT2D eigenvalue weighted by atomic mass is 10.2. The van der Waals surface area contributed by atoms with Crippen LogP contribution in [0.3, 0.4) is 0 Å². The van der Waals surface area contributed by atoms with Crippen molar-refractivity contribution in [2.24, 2.45) is 0 Å². The van der Waals surface area contributed by atoms with Crippen LogP contribution in [0, 0.1) is 0 Å². The van der Waals surface area contributed by atoms with Gasteiger partial charge in [-0.2, -0.15) is 5.10 Å². The normalized spacial score (nSPS) is 11.5. The van der Waals surface area contributed by atoms with E-state index in [0.29, 0.717) is 30.6 Å². The third kappa shape index (κ3) is 4.19. The van der Waals surface area contributed by atoms with Crippen molar-refractivity contribution in [2.45, 2.75) is 52.6 Å². The predicted octanol–water partition coefficient (Wildman–Crippen LogP) is 3.29. The van der Waals surface area contributed by atoms with Crippen LogP contribution in [0.5, 0.6) is 0 Å². The summed E-state index contributed by atoms with van der Waals surface area (Å²) in [5.41, 5.74) is 2.12. The lowest BCUT2D eigenvalue weighted by molar-refractivity contribution is 0.0945. The van der Waals surface area contributed by atoms with Crippen LogP contribution in [0.25, 0.3) is 0 Å². The van der Waals surface area contributed by atoms with E-state index in [1.54, 1.807) is 23.6 Å². The first-order chi connectivity index (χ1) is 12.4. The molecule has 26 heavy (non-hydrogen) atoms. The number of carbonyl (C=O) groups is 1.